The van der Waals surface area contributed by atoms with Crippen LogP contribution in [0.5, 0.6) is 0 Å². The number of rotatable bonds is 4. The molecule has 0 saturated carbocycles. The van der Waals surface area contributed by atoms with Crippen LogP contribution in [0.4, 0.5) is 0 Å². The van der Waals surface area contributed by atoms with E-state index in [0.717, 1.165) is 10.0 Å². The first kappa shape index (κ1) is 16.0. The average molecular weight is 354 g/mol. The van der Waals surface area contributed by atoms with Crippen molar-refractivity contribution in [3.8, 4) is 0 Å². The summed E-state index contributed by atoms with van der Waals surface area (Å²) in [6.07, 6.45) is 0.845. The highest BCUT2D eigenvalue weighted by Crippen LogP contribution is 2.38. The second kappa shape index (κ2) is 6.18. The Morgan fingerprint density at radius 3 is 2.67 bits per heavy atom. The van der Waals surface area contributed by atoms with Crippen molar-refractivity contribution in [1.29, 1.82) is 0 Å². The number of carbonyl (C=O) groups is 2. The van der Waals surface area contributed by atoms with E-state index in [2.05, 4.69) is 15.9 Å². The van der Waals surface area contributed by atoms with Crippen molar-refractivity contribution in [3.05, 3.63) is 34.3 Å². The van der Waals surface area contributed by atoms with Crippen molar-refractivity contribution >= 4 is 27.8 Å². The van der Waals surface area contributed by atoms with Crippen LogP contribution < -0.4 is 0 Å². The van der Waals surface area contributed by atoms with Gasteiger partial charge in [-0.25, -0.2) is 0 Å². The molecule has 1 saturated heterocycles. The molecule has 1 aromatic rings. The first-order valence-corrected chi connectivity index (χ1v) is 7.90. The third-order valence-corrected chi connectivity index (χ3v) is 4.92. The molecule has 1 fully saturated rings. The summed E-state index contributed by atoms with van der Waals surface area (Å²) in [7, 11) is 0. The van der Waals surface area contributed by atoms with Crippen LogP contribution in [0, 0.1) is 11.3 Å². The molecule has 2 rings (SSSR count). The highest BCUT2D eigenvalue weighted by Gasteiger charge is 2.48. The molecule has 4 nitrogen and oxygen atoms in total. The van der Waals surface area contributed by atoms with Crippen LogP contribution in [0.2, 0.25) is 0 Å². The number of hydrogen-bond donors (Lipinski definition) is 1. The Hall–Kier alpha value is -1.36. The van der Waals surface area contributed by atoms with Crippen molar-refractivity contribution in [1.82, 2.24) is 4.90 Å². The van der Waals surface area contributed by atoms with Gasteiger partial charge in [0.05, 0.1) is 11.8 Å². The predicted octanol–water partition coefficient (Wildman–Crippen LogP) is 2.95. The highest BCUT2D eigenvalue weighted by molar-refractivity contribution is 9.10. The Bertz CT molecular complexity index is 558. The van der Waals surface area contributed by atoms with Crippen molar-refractivity contribution in [3.63, 3.8) is 0 Å². The largest absolute Gasteiger partial charge is 0.481 e. The second-order valence-corrected chi connectivity index (χ2v) is 6.90. The molecule has 0 aromatic heterocycles. The Morgan fingerprint density at radius 2 is 2.14 bits per heavy atom. The monoisotopic (exact) mass is 353 g/mol. The second-order valence-electron chi connectivity index (χ2n) is 5.99. The molecule has 0 bridgehead atoms. The molecule has 1 aliphatic heterocycles. The molecule has 1 aliphatic rings. The summed E-state index contributed by atoms with van der Waals surface area (Å²) in [5.74, 6) is -0.786. The number of carboxylic acids is 1. The zero-order valence-electron chi connectivity index (χ0n) is 12.3. The van der Waals surface area contributed by atoms with Gasteiger partial charge in [0.25, 0.3) is 0 Å². The molecule has 1 unspecified atom stereocenters. The van der Waals surface area contributed by atoms with Crippen LogP contribution in [0.15, 0.2) is 28.7 Å². The fourth-order valence-corrected chi connectivity index (χ4v) is 3.32. The number of benzene rings is 1. The third-order valence-electron chi connectivity index (χ3n) is 4.43. The van der Waals surface area contributed by atoms with Crippen LogP contribution >= 0.6 is 15.9 Å². The number of halogens is 1. The van der Waals surface area contributed by atoms with Crippen LogP contribution in [0.3, 0.4) is 0 Å². The molecule has 0 radical (unpaired) electrons. The lowest BCUT2D eigenvalue weighted by atomic mass is 9.76. The van der Waals surface area contributed by atoms with Crippen LogP contribution in [0.25, 0.3) is 0 Å². The van der Waals surface area contributed by atoms with Gasteiger partial charge in [0.2, 0.25) is 5.91 Å². The van der Waals surface area contributed by atoms with Crippen LogP contribution in [-0.4, -0.2) is 35.0 Å². The van der Waals surface area contributed by atoms with E-state index in [1.165, 1.54) is 0 Å². The van der Waals surface area contributed by atoms with Gasteiger partial charge in [-0.2, -0.15) is 0 Å². The molecule has 5 heteroatoms. The van der Waals surface area contributed by atoms with Crippen molar-refractivity contribution < 1.29 is 14.7 Å². The van der Waals surface area contributed by atoms with Crippen LogP contribution in [-0.2, 0) is 16.0 Å². The maximum atomic E-state index is 12.4. The fourth-order valence-electron chi connectivity index (χ4n) is 2.87. The van der Waals surface area contributed by atoms with E-state index < -0.39 is 11.4 Å². The summed E-state index contributed by atoms with van der Waals surface area (Å²) >= 11 is 3.39. The van der Waals surface area contributed by atoms with E-state index in [0.29, 0.717) is 25.9 Å². The van der Waals surface area contributed by atoms with Gasteiger partial charge in [-0.1, -0.05) is 41.9 Å². The number of carboxylic acid groups (broad SMARTS) is 1. The Morgan fingerprint density at radius 1 is 1.43 bits per heavy atom. The Kier molecular flexibility index (Phi) is 4.71. The zero-order valence-corrected chi connectivity index (χ0v) is 13.9. The first-order chi connectivity index (χ1) is 9.85. The minimum atomic E-state index is -0.799. The molecule has 0 spiro atoms. The van der Waals surface area contributed by atoms with Crippen molar-refractivity contribution in [2.24, 2.45) is 11.3 Å². The molecule has 114 valence electrons. The summed E-state index contributed by atoms with van der Waals surface area (Å²) in [6, 6.07) is 7.64. The maximum Gasteiger partial charge on any atom is 0.311 e. The standard InChI is InChI=1S/C16H20BrNO3/c1-11(2)16(15(20)21)6-7-18(10-16)14(19)9-12-4-3-5-13(17)8-12/h3-5,8,11H,6-7,9-10H2,1-2H3,(H,20,21). The van der Waals surface area contributed by atoms with Gasteiger partial charge in [0.1, 0.15) is 0 Å². The lowest BCUT2D eigenvalue weighted by Crippen LogP contribution is -2.41. The van der Waals surface area contributed by atoms with E-state index in [1.807, 2.05) is 38.1 Å². The fraction of sp³-hybridized carbons (Fsp3) is 0.500. The number of nitrogens with zero attached hydrogens (tertiary/aromatic N) is 1. The minimum Gasteiger partial charge on any atom is -0.481 e. The summed E-state index contributed by atoms with van der Waals surface area (Å²) in [4.78, 5) is 25.7. The number of likely N-dealkylation sites (tertiary alicyclic amines) is 1. The van der Waals surface area contributed by atoms with Gasteiger partial charge in [0.15, 0.2) is 0 Å². The van der Waals surface area contributed by atoms with Gasteiger partial charge < -0.3 is 10.0 Å². The van der Waals surface area contributed by atoms with Gasteiger partial charge in [-0.3, -0.25) is 9.59 Å². The molecular formula is C16H20BrNO3. The summed E-state index contributed by atoms with van der Waals surface area (Å²) in [5, 5.41) is 9.52. The molecular weight excluding hydrogens is 334 g/mol. The lowest BCUT2D eigenvalue weighted by Gasteiger charge is -2.28. The summed E-state index contributed by atoms with van der Waals surface area (Å²) < 4.78 is 0.941. The molecule has 1 amide bonds. The molecule has 21 heavy (non-hydrogen) atoms. The smallest absolute Gasteiger partial charge is 0.311 e. The molecule has 1 N–H and O–H groups in total. The summed E-state index contributed by atoms with van der Waals surface area (Å²) in [6.45, 7) is 4.66. The molecule has 0 aliphatic carbocycles. The number of carbonyl (C=O) groups excluding carboxylic acids is 1. The average Bonchev–Trinajstić information content (AvgIpc) is 2.85. The lowest BCUT2D eigenvalue weighted by molar-refractivity contribution is -0.151. The van der Waals surface area contributed by atoms with E-state index in [9.17, 15) is 14.7 Å². The van der Waals surface area contributed by atoms with E-state index >= 15 is 0 Å². The minimum absolute atomic E-state index is 0.00289. The molecule has 1 atom stereocenters. The van der Waals surface area contributed by atoms with Crippen LogP contribution in [0.1, 0.15) is 25.8 Å². The topological polar surface area (TPSA) is 57.6 Å². The van der Waals surface area contributed by atoms with E-state index in [4.69, 9.17) is 0 Å². The van der Waals surface area contributed by atoms with Crippen molar-refractivity contribution in [2.45, 2.75) is 26.7 Å². The number of amides is 1. The number of aliphatic carboxylic acids is 1. The predicted molar refractivity (Wildman–Crippen MR) is 83.9 cm³/mol. The van der Waals surface area contributed by atoms with Crippen molar-refractivity contribution in [2.75, 3.05) is 13.1 Å². The normalized spacial score (nSPS) is 21.8. The first-order valence-electron chi connectivity index (χ1n) is 7.11. The SMILES string of the molecule is CC(C)C1(C(=O)O)CCN(C(=O)Cc2cccc(Br)c2)C1. The molecule has 1 heterocycles. The summed E-state index contributed by atoms with van der Waals surface area (Å²) in [5.41, 5.74) is 0.138. The van der Waals surface area contributed by atoms with Gasteiger partial charge >= 0.3 is 5.97 Å². The Balaban J connectivity index is 2.07. The van der Waals surface area contributed by atoms with Gasteiger partial charge in [-0.15, -0.1) is 0 Å². The highest BCUT2D eigenvalue weighted by atomic mass is 79.9. The zero-order chi connectivity index (χ0) is 15.6. The van der Waals surface area contributed by atoms with Gasteiger partial charge in [0, 0.05) is 17.6 Å². The van der Waals surface area contributed by atoms with Gasteiger partial charge in [-0.05, 0) is 30.0 Å². The third kappa shape index (κ3) is 3.28. The van der Waals surface area contributed by atoms with E-state index in [-0.39, 0.29) is 11.8 Å². The Labute approximate surface area is 133 Å². The molecule has 1 aromatic carbocycles. The number of hydrogen-bond acceptors (Lipinski definition) is 2. The quantitative estimate of drug-likeness (QED) is 0.905. The van der Waals surface area contributed by atoms with E-state index in [1.54, 1.807) is 4.90 Å². The maximum absolute atomic E-state index is 12.4.